The number of hydrogen-bond donors (Lipinski definition) is 3. The van der Waals surface area contributed by atoms with Crippen molar-refractivity contribution >= 4 is 22.5 Å². The molecule has 3 N–H and O–H groups in total. The summed E-state index contributed by atoms with van der Waals surface area (Å²) in [6, 6.07) is 7.99. The van der Waals surface area contributed by atoms with Gasteiger partial charge in [-0.2, -0.15) is 10.2 Å². The van der Waals surface area contributed by atoms with E-state index in [1.807, 2.05) is 6.07 Å². The lowest BCUT2D eigenvalue weighted by molar-refractivity contribution is 0.102. The summed E-state index contributed by atoms with van der Waals surface area (Å²) in [5.41, 5.74) is 1.24. The van der Waals surface area contributed by atoms with Gasteiger partial charge in [-0.1, -0.05) is 0 Å². The first-order valence-corrected chi connectivity index (χ1v) is 5.52. The summed E-state index contributed by atoms with van der Waals surface area (Å²) in [7, 11) is 0. The van der Waals surface area contributed by atoms with Crippen molar-refractivity contribution in [3.63, 3.8) is 0 Å². The van der Waals surface area contributed by atoms with Crippen molar-refractivity contribution < 1.29 is 4.79 Å². The third-order valence-corrected chi connectivity index (χ3v) is 2.61. The Morgan fingerprint density at radius 1 is 1.16 bits per heavy atom. The molecule has 0 saturated carbocycles. The fourth-order valence-corrected chi connectivity index (χ4v) is 1.68. The van der Waals surface area contributed by atoms with Gasteiger partial charge in [-0.15, -0.1) is 0 Å². The zero-order valence-corrected chi connectivity index (χ0v) is 9.68. The van der Waals surface area contributed by atoms with Crippen LogP contribution in [-0.2, 0) is 0 Å². The maximum atomic E-state index is 11.9. The standard InChI is InChI=1S/C12H9N5O2/c18-11-4-3-9(16-17-11)12(19)14-8-2-1-7-6-13-15-10(7)5-8/h1-6H,(H,13,15)(H,14,19)(H,17,18). The number of fused-ring (bicyclic) bond motifs is 1. The molecule has 1 aromatic carbocycles. The van der Waals surface area contributed by atoms with E-state index < -0.39 is 5.91 Å². The summed E-state index contributed by atoms with van der Waals surface area (Å²) >= 11 is 0. The Labute approximate surface area is 106 Å². The molecular weight excluding hydrogens is 246 g/mol. The second-order valence-corrected chi connectivity index (χ2v) is 3.93. The van der Waals surface area contributed by atoms with Crippen molar-refractivity contribution in [2.75, 3.05) is 5.32 Å². The molecular formula is C12H9N5O2. The number of nitrogens with one attached hydrogen (secondary N) is 3. The highest BCUT2D eigenvalue weighted by Gasteiger charge is 2.08. The van der Waals surface area contributed by atoms with Crippen LogP contribution in [0.2, 0.25) is 0 Å². The van der Waals surface area contributed by atoms with Crippen LogP contribution in [-0.4, -0.2) is 26.3 Å². The SMILES string of the molecule is O=C(Nc1ccc2cn[nH]c2c1)c1ccc(=O)[nH]n1. The van der Waals surface area contributed by atoms with Crippen LogP contribution in [0.1, 0.15) is 10.5 Å². The Balaban J connectivity index is 1.85. The molecule has 0 atom stereocenters. The molecule has 0 radical (unpaired) electrons. The number of nitrogens with zero attached hydrogens (tertiary/aromatic N) is 2. The van der Waals surface area contributed by atoms with E-state index in [-0.39, 0.29) is 11.3 Å². The van der Waals surface area contributed by atoms with Gasteiger partial charge in [-0.3, -0.25) is 14.7 Å². The molecule has 7 nitrogen and oxygen atoms in total. The Hall–Kier alpha value is -2.96. The van der Waals surface area contributed by atoms with Crippen LogP contribution in [0, 0.1) is 0 Å². The minimum Gasteiger partial charge on any atom is -0.321 e. The van der Waals surface area contributed by atoms with E-state index in [2.05, 4.69) is 25.7 Å². The molecule has 0 spiro atoms. The van der Waals surface area contributed by atoms with Crippen LogP contribution < -0.4 is 10.9 Å². The van der Waals surface area contributed by atoms with E-state index >= 15 is 0 Å². The molecule has 3 rings (SSSR count). The summed E-state index contributed by atoms with van der Waals surface area (Å²) in [4.78, 5) is 22.7. The maximum absolute atomic E-state index is 11.9. The minimum atomic E-state index is -0.393. The molecule has 19 heavy (non-hydrogen) atoms. The van der Waals surface area contributed by atoms with Crippen LogP contribution >= 0.6 is 0 Å². The Bertz CT molecular complexity index is 784. The van der Waals surface area contributed by atoms with Gasteiger partial charge in [0.05, 0.1) is 11.7 Å². The molecule has 0 bridgehead atoms. The van der Waals surface area contributed by atoms with Crippen molar-refractivity contribution in [1.29, 1.82) is 0 Å². The largest absolute Gasteiger partial charge is 0.321 e. The molecule has 0 unspecified atom stereocenters. The number of hydrogen-bond acceptors (Lipinski definition) is 4. The van der Waals surface area contributed by atoms with E-state index in [1.165, 1.54) is 12.1 Å². The highest BCUT2D eigenvalue weighted by molar-refractivity contribution is 6.03. The van der Waals surface area contributed by atoms with Crippen molar-refractivity contribution in [2.24, 2.45) is 0 Å². The number of H-pyrrole nitrogens is 2. The molecule has 0 saturated heterocycles. The highest BCUT2D eigenvalue weighted by Crippen LogP contribution is 2.16. The zero-order chi connectivity index (χ0) is 13.2. The number of rotatable bonds is 2. The van der Waals surface area contributed by atoms with Gasteiger partial charge in [0, 0.05) is 17.1 Å². The predicted molar refractivity (Wildman–Crippen MR) is 68.9 cm³/mol. The lowest BCUT2D eigenvalue weighted by Gasteiger charge is -2.03. The maximum Gasteiger partial charge on any atom is 0.276 e. The normalized spacial score (nSPS) is 10.5. The van der Waals surface area contributed by atoms with E-state index in [1.54, 1.807) is 18.3 Å². The Morgan fingerprint density at radius 3 is 2.84 bits per heavy atom. The van der Waals surface area contributed by atoms with Crippen molar-refractivity contribution in [2.45, 2.75) is 0 Å². The number of anilines is 1. The molecule has 2 heterocycles. The molecule has 1 amide bonds. The van der Waals surface area contributed by atoms with Gasteiger partial charge in [0.2, 0.25) is 0 Å². The molecule has 0 fully saturated rings. The molecule has 7 heteroatoms. The van der Waals surface area contributed by atoms with Gasteiger partial charge in [0.1, 0.15) is 5.69 Å². The molecule has 2 aromatic heterocycles. The lowest BCUT2D eigenvalue weighted by Crippen LogP contribution is -2.17. The number of carbonyl (C=O) groups is 1. The summed E-state index contributed by atoms with van der Waals surface area (Å²) < 4.78 is 0. The van der Waals surface area contributed by atoms with Crippen molar-refractivity contribution in [3.8, 4) is 0 Å². The predicted octanol–water partition coefficient (Wildman–Crippen LogP) is 0.898. The van der Waals surface area contributed by atoms with Crippen LogP contribution in [0.4, 0.5) is 5.69 Å². The fraction of sp³-hybridized carbons (Fsp3) is 0. The smallest absolute Gasteiger partial charge is 0.276 e. The van der Waals surface area contributed by atoms with E-state index in [4.69, 9.17) is 0 Å². The number of amides is 1. The minimum absolute atomic E-state index is 0.143. The van der Waals surface area contributed by atoms with Crippen molar-refractivity contribution in [3.05, 3.63) is 52.6 Å². The molecule has 0 aliphatic rings. The van der Waals surface area contributed by atoms with Gasteiger partial charge in [-0.25, -0.2) is 5.10 Å². The molecule has 0 aliphatic heterocycles. The zero-order valence-electron chi connectivity index (χ0n) is 9.68. The van der Waals surface area contributed by atoms with Gasteiger partial charge in [0.15, 0.2) is 0 Å². The van der Waals surface area contributed by atoms with Crippen LogP contribution in [0.15, 0.2) is 41.3 Å². The molecule has 0 aliphatic carbocycles. The summed E-state index contributed by atoms with van der Waals surface area (Å²) in [5.74, 6) is -0.393. The Kier molecular flexibility index (Phi) is 2.57. The van der Waals surface area contributed by atoms with Crippen LogP contribution in [0.5, 0.6) is 0 Å². The quantitative estimate of drug-likeness (QED) is 0.632. The summed E-state index contributed by atoms with van der Waals surface area (Å²) in [6.07, 6.45) is 1.70. The second kappa shape index (κ2) is 4.37. The average molecular weight is 255 g/mol. The second-order valence-electron chi connectivity index (χ2n) is 3.93. The van der Waals surface area contributed by atoms with Crippen LogP contribution in [0.25, 0.3) is 10.9 Å². The lowest BCUT2D eigenvalue weighted by atomic mass is 10.2. The third-order valence-electron chi connectivity index (χ3n) is 2.61. The monoisotopic (exact) mass is 255 g/mol. The van der Waals surface area contributed by atoms with Crippen molar-refractivity contribution in [1.82, 2.24) is 20.4 Å². The number of carbonyl (C=O) groups excluding carboxylic acids is 1. The number of aromatic amines is 2. The first-order valence-electron chi connectivity index (χ1n) is 5.52. The molecule has 3 aromatic rings. The summed E-state index contributed by atoms with van der Waals surface area (Å²) in [5, 5.41) is 16.2. The summed E-state index contributed by atoms with van der Waals surface area (Å²) in [6.45, 7) is 0. The van der Waals surface area contributed by atoms with Crippen LogP contribution in [0.3, 0.4) is 0 Å². The third kappa shape index (κ3) is 2.21. The number of benzene rings is 1. The average Bonchev–Trinajstić information content (AvgIpc) is 2.87. The van der Waals surface area contributed by atoms with E-state index in [9.17, 15) is 9.59 Å². The van der Waals surface area contributed by atoms with E-state index in [0.29, 0.717) is 5.69 Å². The molecule has 94 valence electrons. The highest BCUT2D eigenvalue weighted by atomic mass is 16.2. The Morgan fingerprint density at radius 2 is 2.05 bits per heavy atom. The van der Waals surface area contributed by atoms with Gasteiger partial charge in [0.25, 0.3) is 11.5 Å². The van der Waals surface area contributed by atoms with E-state index in [0.717, 1.165) is 10.9 Å². The topological polar surface area (TPSA) is 104 Å². The first kappa shape index (κ1) is 11.1. The number of aromatic nitrogens is 4. The van der Waals surface area contributed by atoms with Gasteiger partial charge in [-0.05, 0) is 24.3 Å². The van der Waals surface area contributed by atoms with Gasteiger partial charge < -0.3 is 5.32 Å². The first-order chi connectivity index (χ1) is 9.22. The fourth-order valence-electron chi connectivity index (χ4n) is 1.68. The van der Waals surface area contributed by atoms with Gasteiger partial charge >= 0.3 is 0 Å².